The average molecular weight is 249 g/mol. The number of hydrogen-bond donors (Lipinski definition) is 3. The number of hydrogen-bond acceptors (Lipinski definition) is 2. The Kier molecular flexibility index (Phi) is 7.64. The van der Waals surface area contributed by atoms with Gasteiger partial charge in [-0.05, 0) is 25.3 Å². The van der Waals surface area contributed by atoms with Gasteiger partial charge in [-0.25, -0.2) is 0 Å². The Bertz CT molecular complexity index is 338. The predicted molar refractivity (Wildman–Crippen MR) is 75.8 cm³/mol. The Labute approximate surface area is 109 Å². The first kappa shape index (κ1) is 14.5. The maximum Gasteiger partial charge on any atom is 0.191 e. The van der Waals surface area contributed by atoms with Crippen molar-refractivity contribution in [2.24, 2.45) is 4.99 Å². The number of benzene rings is 1. The Balaban J connectivity index is 2.27. The zero-order valence-corrected chi connectivity index (χ0v) is 11.0. The fourth-order valence-electron chi connectivity index (χ4n) is 1.63. The van der Waals surface area contributed by atoms with Crippen LogP contribution >= 0.6 is 0 Å². The molecule has 18 heavy (non-hydrogen) atoms. The maximum atomic E-state index is 8.76. The Morgan fingerprint density at radius 1 is 1.22 bits per heavy atom. The average Bonchev–Trinajstić information content (AvgIpc) is 2.42. The van der Waals surface area contributed by atoms with E-state index in [1.165, 1.54) is 5.56 Å². The van der Waals surface area contributed by atoms with Crippen LogP contribution in [0.1, 0.15) is 18.9 Å². The molecular formula is C14H23N3O. The summed E-state index contributed by atoms with van der Waals surface area (Å²) in [6.45, 7) is 4.30. The molecule has 1 rings (SSSR count). The number of aryl methyl sites for hydroxylation is 1. The van der Waals surface area contributed by atoms with E-state index in [1.807, 2.05) is 13.0 Å². The molecule has 0 aromatic heterocycles. The lowest BCUT2D eigenvalue weighted by Crippen LogP contribution is -2.38. The number of aliphatic imine (C=N–C) groups is 1. The third kappa shape index (κ3) is 6.25. The number of aliphatic hydroxyl groups excluding tert-OH is 1. The molecule has 0 aliphatic heterocycles. The van der Waals surface area contributed by atoms with Crippen LogP contribution in [0.4, 0.5) is 0 Å². The van der Waals surface area contributed by atoms with E-state index in [2.05, 4.69) is 39.9 Å². The number of nitrogens with one attached hydrogen (secondary N) is 2. The number of aliphatic hydroxyl groups is 1. The molecule has 0 radical (unpaired) electrons. The van der Waals surface area contributed by atoms with Crippen molar-refractivity contribution in [2.75, 3.05) is 26.2 Å². The summed E-state index contributed by atoms with van der Waals surface area (Å²) in [6, 6.07) is 10.4. The smallest absolute Gasteiger partial charge is 0.191 e. The van der Waals surface area contributed by atoms with Crippen LogP contribution in [0.2, 0.25) is 0 Å². The van der Waals surface area contributed by atoms with E-state index in [4.69, 9.17) is 5.11 Å². The first-order valence-electron chi connectivity index (χ1n) is 6.53. The van der Waals surface area contributed by atoms with Gasteiger partial charge < -0.3 is 15.7 Å². The van der Waals surface area contributed by atoms with Crippen molar-refractivity contribution in [2.45, 2.75) is 19.8 Å². The molecule has 0 spiro atoms. The van der Waals surface area contributed by atoms with Gasteiger partial charge in [-0.15, -0.1) is 0 Å². The topological polar surface area (TPSA) is 56.7 Å². The lowest BCUT2D eigenvalue weighted by atomic mass is 10.1. The summed E-state index contributed by atoms with van der Waals surface area (Å²) in [7, 11) is 0. The molecule has 0 aliphatic carbocycles. The van der Waals surface area contributed by atoms with E-state index in [1.54, 1.807) is 0 Å². The minimum Gasteiger partial charge on any atom is -0.395 e. The summed E-state index contributed by atoms with van der Waals surface area (Å²) in [5, 5.41) is 15.0. The molecule has 4 heteroatoms. The third-order valence-corrected chi connectivity index (χ3v) is 2.48. The van der Waals surface area contributed by atoms with Crippen molar-refractivity contribution < 1.29 is 5.11 Å². The summed E-state index contributed by atoms with van der Waals surface area (Å²) in [4.78, 5) is 4.45. The molecule has 0 fully saturated rings. The van der Waals surface area contributed by atoms with Crippen LogP contribution in [0.3, 0.4) is 0 Å². The Morgan fingerprint density at radius 2 is 2.00 bits per heavy atom. The van der Waals surface area contributed by atoms with Crippen LogP contribution in [0.15, 0.2) is 35.3 Å². The summed E-state index contributed by atoms with van der Waals surface area (Å²) in [5.41, 5.74) is 1.35. The van der Waals surface area contributed by atoms with Gasteiger partial charge in [0.15, 0.2) is 5.96 Å². The van der Waals surface area contributed by atoms with Crippen molar-refractivity contribution in [1.29, 1.82) is 0 Å². The largest absolute Gasteiger partial charge is 0.395 e. The van der Waals surface area contributed by atoms with Crippen molar-refractivity contribution in [3.8, 4) is 0 Å². The molecule has 100 valence electrons. The molecule has 0 heterocycles. The number of rotatable bonds is 7. The highest BCUT2D eigenvalue weighted by Crippen LogP contribution is 2.02. The van der Waals surface area contributed by atoms with E-state index in [-0.39, 0.29) is 6.61 Å². The summed E-state index contributed by atoms with van der Waals surface area (Å²) in [6.07, 6.45) is 2.07. The summed E-state index contributed by atoms with van der Waals surface area (Å²) >= 11 is 0. The molecule has 0 saturated heterocycles. The molecule has 0 amide bonds. The minimum absolute atomic E-state index is 0.119. The maximum absolute atomic E-state index is 8.76. The number of guanidine groups is 1. The molecule has 0 aliphatic rings. The summed E-state index contributed by atoms with van der Waals surface area (Å²) < 4.78 is 0. The normalized spacial score (nSPS) is 11.3. The van der Waals surface area contributed by atoms with E-state index in [0.29, 0.717) is 6.54 Å². The zero-order chi connectivity index (χ0) is 13.1. The van der Waals surface area contributed by atoms with Gasteiger partial charge in [0.25, 0.3) is 0 Å². The van der Waals surface area contributed by atoms with Gasteiger partial charge in [-0.1, -0.05) is 30.3 Å². The molecule has 4 nitrogen and oxygen atoms in total. The van der Waals surface area contributed by atoms with Gasteiger partial charge in [0.1, 0.15) is 0 Å². The van der Waals surface area contributed by atoms with Gasteiger partial charge >= 0.3 is 0 Å². The van der Waals surface area contributed by atoms with E-state index < -0.39 is 0 Å². The molecule has 0 unspecified atom stereocenters. The van der Waals surface area contributed by atoms with Crippen molar-refractivity contribution in [3.63, 3.8) is 0 Å². The molecule has 0 atom stereocenters. The van der Waals surface area contributed by atoms with E-state index >= 15 is 0 Å². The van der Waals surface area contributed by atoms with Crippen LogP contribution in [0.25, 0.3) is 0 Å². The second-order valence-electron chi connectivity index (χ2n) is 4.00. The predicted octanol–water partition coefficient (Wildman–Crippen LogP) is 1.17. The standard InChI is InChI=1S/C14H23N3O/c1-2-15-14(17-11-12-18)16-10-6-9-13-7-4-3-5-8-13/h3-5,7-8,18H,2,6,9-12H2,1H3,(H2,15,16,17). The Morgan fingerprint density at radius 3 is 2.67 bits per heavy atom. The highest BCUT2D eigenvalue weighted by molar-refractivity contribution is 5.79. The molecule has 1 aromatic rings. The van der Waals surface area contributed by atoms with Gasteiger partial charge in [0.05, 0.1) is 6.61 Å². The van der Waals surface area contributed by atoms with Crippen LogP contribution in [-0.2, 0) is 6.42 Å². The van der Waals surface area contributed by atoms with Crippen molar-refractivity contribution >= 4 is 5.96 Å². The molecular weight excluding hydrogens is 226 g/mol. The van der Waals surface area contributed by atoms with Crippen LogP contribution in [0, 0.1) is 0 Å². The fraction of sp³-hybridized carbons (Fsp3) is 0.500. The lowest BCUT2D eigenvalue weighted by molar-refractivity contribution is 0.300. The van der Waals surface area contributed by atoms with Crippen molar-refractivity contribution in [3.05, 3.63) is 35.9 Å². The molecule has 1 aromatic carbocycles. The first-order chi connectivity index (χ1) is 8.86. The fourth-order valence-corrected chi connectivity index (χ4v) is 1.63. The third-order valence-electron chi connectivity index (χ3n) is 2.48. The second kappa shape index (κ2) is 9.48. The van der Waals surface area contributed by atoms with Crippen molar-refractivity contribution in [1.82, 2.24) is 10.6 Å². The molecule has 0 bridgehead atoms. The van der Waals surface area contributed by atoms with Gasteiger partial charge in [0.2, 0.25) is 0 Å². The molecule has 3 N–H and O–H groups in total. The van der Waals surface area contributed by atoms with E-state index in [9.17, 15) is 0 Å². The lowest BCUT2D eigenvalue weighted by Gasteiger charge is -2.09. The highest BCUT2D eigenvalue weighted by atomic mass is 16.3. The monoisotopic (exact) mass is 249 g/mol. The second-order valence-corrected chi connectivity index (χ2v) is 4.00. The SMILES string of the molecule is CCNC(=NCCCc1ccccc1)NCCO. The number of nitrogens with zero attached hydrogens (tertiary/aromatic N) is 1. The van der Waals surface area contributed by atoms with Gasteiger partial charge in [-0.3, -0.25) is 4.99 Å². The van der Waals surface area contributed by atoms with E-state index in [0.717, 1.165) is 31.9 Å². The van der Waals surface area contributed by atoms with Gasteiger partial charge in [-0.2, -0.15) is 0 Å². The first-order valence-corrected chi connectivity index (χ1v) is 6.53. The molecule has 0 saturated carbocycles. The van der Waals surface area contributed by atoms with Crippen LogP contribution < -0.4 is 10.6 Å². The quantitative estimate of drug-likeness (QED) is 0.386. The Hall–Kier alpha value is -1.55. The van der Waals surface area contributed by atoms with Crippen LogP contribution in [0.5, 0.6) is 0 Å². The highest BCUT2D eigenvalue weighted by Gasteiger charge is 1.95. The van der Waals surface area contributed by atoms with Crippen LogP contribution in [-0.4, -0.2) is 37.3 Å². The summed E-state index contributed by atoms with van der Waals surface area (Å²) in [5.74, 6) is 0.777. The minimum atomic E-state index is 0.119. The van der Waals surface area contributed by atoms with Gasteiger partial charge in [0, 0.05) is 19.6 Å². The zero-order valence-electron chi connectivity index (χ0n) is 11.0.